The molecule has 1 aliphatic heterocycles. The fourth-order valence-corrected chi connectivity index (χ4v) is 3.23. The minimum Gasteiger partial charge on any atom is -0.493 e. The molecule has 0 saturated carbocycles. The van der Waals surface area contributed by atoms with Crippen LogP contribution in [0.4, 0.5) is 5.82 Å². The molecule has 0 unspecified atom stereocenters. The molecule has 0 radical (unpaired) electrons. The maximum absolute atomic E-state index is 5.41. The highest BCUT2D eigenvalue weighted by molar-refractivity contribution is 7.96. The van der Waals surface area contributed by atoms with Crippen LogP contribution in [0.1, 0.15) is 6.42 Å². The minimum atomic E-state index is 0.689. The molecule has 1 aliphatic rings. The molecule has 1 N–H and O–H groups in total. The quantitative estimate of drug-likeness (QED) is 0.616. The van der Waals surface area contributed by atoms with Crippen molar-refractivity contribution in [3.05, 3.63) is 18.5 Å². The summed E-state index contributed by atoms with van der Waals surface area (Å²) in [5, 5.41) is 1.01. The zero-order valence-corrected chi connectivity index (χ0v) is 14.5. The third kappa shape index (κ3) is 3.30. The van der Waals surface area contributed by atoms with Crippen LogP contribution in [0.5, 0.6) is 11.5 Å². The zero-order chi connectivity index (χ0) is 16.2. The largest absolute Gasteiger partial charge is 0.493 e. The second-order valence-electron chi connectivity index (χ2n) is 5.58. The standard InChI is InChI=1S/C16H22N4O2S/c1-21-14-6-12-13(7-15(14)22-2)17-10-18-16(12)20-8-11(9-20)4-5-19-23-3/h6-7,10-11,19H,4-5,8-9H2,1-3H3. The van der Waals surface area contributed by atoms with Gasteiger partial charge in [0.2, 0.25) is 0 Å². The second kappa shape index (κ2) is 7.23. The number of nitrogens with one attached hydrogen (secondary N) is 1. The van der Waals surface area contributed by atoms with E-state index in [1.807, 2.05) is 12.1 Å². The molecule has 0 aliphatic carbocycles. The van der Waals surface area contributed by atoms with Crippen LogP contribution in [0.15, 0.2) is 18.5 Å². The van der Waals surface area contributed by atoms with Crippen LogP contribution in [0.25, 0.3) is 10.9 Å². The summed E-state index contributed by atoms with van der Waals surface area (Å²) in [5.74, 6) is 3.09. The van der Waals surface area contributed by atoms with E-state index in [0.717, 1.165) is 42.3 Å². The summed E-state index contributed by atoms with van der Waals surface area (Å²) < 4.78 is 14.1. The van der Waals surface area contributed by atoms with Crippen LogP contribution in [0.3, 0.4) is 0 Å². The average Bonchev–Trinajstić information content (AvgIpc) is 2.55. The van der Waals surface area contributed by atoms with E-state index in [-0.39, 0.29) is 0 Å². The molecule has 1 aromatic carbocycles. The van der Waals surface area contributed by atoms with E-state index in [9.17, 15) is 0 Å². The van der Waals surface area contributed by atoms with Gasteiger partial charge in [0.1, 0.15) is 12.1 Å². The van der Waals surface area contributed by atoms with Gasteiger partial charge in [-0.2, -0.15) is 0 Å². The van der Waals surface area contributed by atoms with E-state index < -0.39 is 0 Å². The molecule has 124 valence electrons. The lowest BCUT2D eigenvalue weighted by atomic mass is 9.96. The Balaban J connectivity index is 1.79. The SMILES string of the molecule is COc1cc2ncnc(N3CC(CCNSC)C3)c2cc1OC. The van der Waals surface area contributed by atoms with Crippen LogP contribution >= 0.6 is 11.9 Å². The predicted octanol–water partition coefficient (Wildman–Crippen LogP) is 2.34. The Hall–Kier alpha value is -1.73. The van der Waals surface area contributed by atoms with Gasteiger partial charge in [-0.1, -0.05) is 11.9 Å². The lowest BCUT2D eigenvalue weighted by molar-refractivity contribution is 0.355. The summed E-state index contributed by atoms with van der Waals surface area (Å²) in [5.41, 5.74) is 0.875. The van der Waals surface area contributed by atoms with Gasteiger partial charge >= 0.3 is 0 Å². The highest BCUT2D eigenvalue weighted by Crippen LogP contribution is 2.36. The summed E-state index contributed by atoms with van der Waals surface area (Å²) in [4.78, 5) is 11.2. The number of anilines is 1. The van der Waals surface area contributed by atoms with Crippen molar-refractivity contribution in [1.29, 1.82) is 0 Å². The van der Waals surface area contributed by atoms with Gasteiger partial charge in [-0.15, -0.1) is 0 Å². The Morgan fingerprint density at radius 2 is 1.96 bits per heavy atom. The molecule has 3 rings (SSSR count). The monoisotopic (exact) mass is 334 g/mol. The molecule has 1 aromatic heterocycles. The molecular formula is C16H22N4O2S. The Morgan fingerprint density at radius 3 is 2.65 bits per heavy atom. The van der Waals surface area contributed by atoms with E-state index in [4.69, 9.17) is 9.47 Å². The topological polar surface area (TPSA) is 59.5 Å². The Bertz CT molecular complexity index is 676. The highest BCUT2D eigenvalue weighted by Gasteiger charge is 2.28. The first-order valence-corrected chi connectivity index (χ1v) is 8.86. The van der Waals surface area contributed by atoms with Gasteiger partial charge in [-0.25, -0.2) is 9.97 Å². The number of ether oxygens (including phenoxy) is 2. The molecule has 2 aromatic rings. The molecule has 7 heteroatoms. The molecule has 1 fully saturated rings. The van der Waals surface area contributed by atoms with Crippen molar-refractivity contribution in [2.45, 2.75) is 6.42 Å². The van der Waals surface area contributed by atoms with Crippen molar-refractivity contribution in [3.8, 4) is 11.5 Å². The molecule has 0 spiro atoms. The number of benzene rings is 1. The first-order chi connectivity index (χ1) is 11.3. The molecule has 1 saturated heterocycles. The number of rotatable bonds is 7. The number of hydrogen-bond donors (Lipinski definition) is 1. The molecule has 0 amide bonds. The lowest BCUT2D eigenvalue weighted by Gasteiger charge is -2.40. The predicted molar refractivity (Wildman–Crippen MR) is 94.5 cm³/mol. The van der Waals surface area contributed by atoms with Gasteiger partial charge in [0.25, 0.3) is 0 Å². The van der Waals surface area contributed by atoms with Crippen molar-refractivity contribution < 1.29 is 9.47 Å². The summed E-state index contributed by atoms with van der Waals surface area (Å²) >= 11 is 1.67. The first kappa shape index (κ1) is 16.1. The van der Waals surface area contributed by atoms with Gasteiger partial charge in [0, 0.05) is 31.1 Å². The average molecular weight is 334 g/mol. The normalized spacial score (nSPS) is 14.8. The van der Waals surface area contributed by atoms with Gasteiger partial charge in [-0.3, -0.25) is 4.72 Å². The minimum absolute atomic E-state index is 0.689. The van der Waals surface area contributed by atoms with Crippen molar-refractivity contribution in [3.63, 3.8) is 0 Å². The number of hydrogen-bond acceptors (Lipinski definition) is 7. The molecule has 2 heterocycles. The van der Waals surface area contributed by atoms with Crippen LogP contribution in [0.2, 0.25) is 0 Å². The van der Waals surface area contributed by atoms with Crippen molar-refractivity contribution in [1.82, 2.24) is 14.7 Å². The third-order valence-corrected chi connectivity index (χ3v) is 4.67. The van der Waals surface area contributed by atoms with Crippen LogP contribution in [0, 0.1) is 5.92 Å². The van der Waals surface area contributed by atoms with E-state index >= 15 is 0 Å². The van der Waals surface area contributed by atoms with E-state index in [1.165, 1.54) is 6.42 Å². The fourth-order valence-electron chi connectivity index (χ4n) is 2.91. The number of aromatic nitrogens is 2. The molecular weight excluding hydrogens is 312 g/mol. The number of nitrogens with zero attached hydrogens (tertiary/aromatic N) is 3. The Morgan fingerprint density at radius 1 is 1.22 bits per heavy atom. The van der Waals surface area contributed by atoms with Gasteiger partial charge in [-0.05, 0) is 24.7 Å². The van der Waals surface area contributed by atoms with Gasteiger partial charge < -0.3 is 14.4 Å². The summed E-state index contributed by atoms with van der Waals surface area (Å²) in [6, 6.07) is 3.87. The fraction of sp³-hybridized carbons (Fsp3) is 0.500. The summed E-state index contributed by atoms with van der Waals surface area (Å²) in [6.45, 7) is 3.13. The summed E-state index contributed by atoms with van der Waals surface area (Å²) in [7, 11) is 3.28. The van der Waals surface area contributed by atoms with Gasteiger partial charge in [0.05, 0.1) is 19.7 Å². The molecule has 23 heavy (non-hydrogen) atoms. The Labute approximate surface area is 140 Å². The molecule has 0 bridgehead atoms. The number of fused-ring (bicyclic) bond motifs is 1. The maximum Gasteiger partial charge on any atom is 0.162 e. The number of methoxy groups -OCH3 is 2. The zero-order valence-electron chi connectivity index (χ0n) is 13.7. The van der Waals surface area contributed by atoms with E-state index in [0.29, 0.717) is 11.5 Å². The maximum atomic E-state index is 5.41. The van der Waals surface area contributed by atoms with E-state index in [1.54, 1.807) is 32.5 Å². The smallest absolute Gasteiger partial charge is 0.162 e. The van der Waals surface area contributed by atoms with Crippen molar-refractivity contribution >= 4 is 28.7 Å². The first-order valence-electron chi connectivity index (χ1n) is 7.64. The van der Waals surface area contributed by atoms with Crippen molar-refractivity contribution in [2.24, 2.45) is 5.92 Å². The van der Waals surface area contributed by atoms with Crippen LogP contribution < -0.4 is 19.1 Å². The Kier molecular flexibility index (Phi) is 5.07. The lowest BCUT2D eigenvalue weighted by Crippen LogP contribution is -2.48. The molecule has 6 nitrogen and oxygen atoms in total. The second-order valence-corrected chi connectivity index (χ2v) is 6.28. The third-order valence-electron chi connectivity index (χ3n) is 4.18. The highest BCUT2D eigenvalue weighted by atomic mass is 32.2. The van der Waals surface area contributed by atoms with Crippen molar-refractivity contribution in [2.75, 3.05) is 45.0 Å². The van der Waals surface area contributed by atoms with Crippen LogP contribution in [-0.2, 0) is 0 Å². The summed E-state index contributed by atoms with van der Waals surface area (Å²) in [6.07, 6.45) is 4.87. The molecule has 0 atom stereocenters. The van der Waals surface area contributed by atoms with Gasteiger partial charge in [0.15, 0.2) is 11.5 Å². The van der Waals surface area contributed by atoms with E-state index in [2.05, 4.69) is 25.8 Å². The van der Waals surface area contributed by atoms with Crippen LogP contribution in [-0.4, -0.2) is 50.1 Å².